The highest BCUT2D eigenvalue weighted by molar-refractivity contribution is 7.94. The van der Waals surface area contributed by atoms with Crippen molar-refractivity contribution in [2.24, 2.45) is 0 Å². The van der Waals surface area contributed by atoms with Gasteiger partial charge in [0.25, 0.3) is 0 Å². The Morgan fingerprint density at radius 1 is 1.25 bits per heavy atom. The topological polar surface area (TPSA) is 72.2 Å². The van der Waals surface area contributed by atoms with Crippen LogP contribution in [0.25, 0.3) is 0 Å². The van der Waals surface area contributed by atoms with Crippen LogP contribution >= 0.6 is 0 Å². The second-order valence-corrected chi connectivity index (χ2v) is 6.93. The molecule has 3 N–H and O–H groups in total. The van der Waals surface area contributed by atoms with Gasteiger partial charge in [-0.05, 0) is 39.0 Å². The standard InChI is InChI=1S/C10H15FN2O2S/c1-10(2,3)16(14,15)13-9-5-7(11)4-8(12)6-9/h4-6,13H,12H2,1-3H3. The van der Waals surface area contributed by atoms with Gasteiger partial charge in [-0.25, -0.2) is 12.8 Å². The minimum Gasteiger partial charge on any atom is -0.399 e. The van der Waals surface area contributed by atoms with Gasteiger partial charge in [0.15, 0.2) is 0 Å². The number of nitrogen functional groups attached to an aromatic ring is 1. The van der Waals surface area contributed by atoms with E-state index in [1.807, 2.05) is 0 Å². The first kappa shape index (κ1) is 12.8. The van der Waals surface area contributed by atoms with Gasteiger partial charge in [-0.15, -0.1) is 0 Å². The predicted octanol–water partition coefficient (Wildman–Crippen LogP) is 1.95. The number of nitrogens with one attached hydrogen (secondary N) is 1. The lowest BCUT2D eigenvalue weighted by Gasteiger charge is -2.20. The van der Waals surface area contributed by atoms with Gasteiger partial charge in [-0.1, -0.05) is 0 Å². The number of halogens is 1. The zero-order valence-electron chi connectivity index (χ0n) is 9.41. The van der Waals surface area contributed by atoms with Gasteiger partial charge in [0.2, 0.25) is 10.0 Å². The minimum atomic E-state index is -3.56. The molecular weight excluding hydrogens is 231 g/mol. The third-order valence-electron chi connectivity index (χ3n) is 1.98. The first-order valence-electron chi connectivity index (χ1n) is 4.70. The summed E-state index contributed by atoms with van der Waals surface area (Å²) in [6, 6.07) is 3.57. The van der Waals surface area contributed by atoms with E-state index in [1.165, 1.54) is 6.07 Å². The van der Waals surface area contributed by atoms with E-state index in [2.05, 4.69) is 4.72 Å². The highest BCUT2D eigenvalue weighted by Crippen LogP contribution is 2.21. The van der Waals surface area contributed by atoms with Gasteiger partial charge in [-0.3, -0.25) is 4.72 Å². The summed E-state index contributed by atoms with van der Waals surface area (Å²) in [4.78, 5) is 0. The van der Waals surface area contributed by atoms with Crippen molar-refractivity contribution in [3.8, 4) is 0 Å². The lowest BCUT2D eigenvalue weighted by atomic mass is 10.3. The molecule has 0 amide bonds. The van der Waals surface area contributed by atoms with Gasteiger partial charge in [-0.2, -0.15) is 0 Å². The molecule has 0 atom stereocenters. The van der Waals surface area contributed by atoms with E-state index >= 15 is 0 Å². The molecule has 4 nitrogen and oxygen atoms in total. The Labute approximate surface area is 94.7 Å². The molecule has 90 valence electrons. The quantitative estimate of drug-likeness (QED) is 0.783. The van der Waals surface area contributed by atoms with Crippen LogP contribution in [-0.4, -0.2) is 13.2 Å². The SMILES string of the molecule is CC(C)(C)S(=O)(=O)Nc1cc(N)cc(F)c1. The van der Waals surface area contributed by atoms with Crippen molar-refractivity contribution < 1.29 is 12.8 Å². The highest BCUT2D eigenvalue weighted by atomic mass is 32.2. The van der Waals surface area contributed by atoms with E-state index in [9.17, 15) is 12.8 Å². The molecule has 0 saturated heterocycles. The molecule has 0 aliphatic carbocycles. The molecule has 1 aromatic carbocycles. The molecule has 0 aliphatic heterocycles. The molecule has 0 spiro atoms. The number of rotatable bonds is 2. The van der Waals surface area contributed by atoms with E-state index in [-0.39, 0.29) is 11.4 Å². The van der Waals surface area contributed by atoms with E-state index in [0.29, 0.717) is 0 Å². The molecule has 0 fully saturated rings. The molecule has 0 aliphatic rings. The Hall–Kier alpha value is -1.30. The second-order valence-electron chi connectivity index (χ2n) is 4.49. The molecule has 1 aromatic rings. The number of anilines is 2. The third kappa shape index (κ3) is 2.85. The summed E-state index contributed by atoms with van der Waals surface area (Å²) in [5.74, 6) is -0.577. The summed E-state index contributed by atoms with van der Waals surface area (Å²) in [6.45, 7) is 4.66. The summed E-state index contributed by atoms with van der Waals surface area (Å²) in [6.07, 6.45) is 0. The van der Waals surface area contributed by atoms with Crippen LogP contribution in [0, 0.1) is 5.82 Å². The lowest BCUT2D eigenvalue weighted by Crippen LogP contribution is -2.33. The fourth-order valence-electron chi connectivity index (χ4n) is 0.980. The highest BCUT2D eigenvalue weighted by Gasteiger charge is 2.28. The first-order valence-corrected chi connectivity index (χ1v) is 6.18. The summed E-state index contributed by atoms with van der Waals surface area (Å²) < 4.78 is 37.9. The number of hydrogen-bond donors (Lipinski definition) is 2. The third-order valence-corrected chi connectivity index (χ3v) is 4.10. The molecule has 0 aromatic heterocycles. The number of benzene rings is 1. The van der Waals surface area contributed by atoms with Crippen molar-refractivity contribution in [2.75, 3.05) is 10.5 Å². The molecule has 0 saturated carbocycles. The first-order chi connectivity index (χ1) is 7.12. The van der Waals surface area contributed by atoms with Crippen LogP contribution in [0.4, 0.5) is 15.8 Å². The van der Waals surface area contributed by atoms with Crippen LogP contribution in [0.2, 0.25) is 0 Å². The van der Waals surface area contributed by atoms with Crippen LogP contribution < -0.4 is 10.5 Å². The van der Waals surface area contributed by atoms with Crippen LogP contribution in [0.1, 0.15) is 20.8 Å². The van der Waals surface area contributed by atoms with Crippen LogP contribution in [-0.2, 0) is 10.0 Å². The molecule has 16 heavy (non-hydrogen) atoms. The van der Waals surface area contributed by atoms with Gasteiger partial charge < -0.3 is 5.73 Å². The monoisotopic (exact) mass is 246 g/mol. The molecule has 6 heteroatoms. The average molecular weight is 246 g/mol. The molecular formula is C10H15FN2O2S. The summed E-state index contributed by atoms with van der Waals surface area (Å²) in [7, 11) is -3.56. The van der Waals surface area contributed by atoms with E-state index in [1.54, 1.807) is 20.8 Å². The maximum absolute atomic E-state index is 13.0. The van der Waals surface area contributed by atoms with E-state index in [0.717, 1.165) is 12.1 Å². The van der Waals surface area contributed by atoms with Crippen molar-refractivity contribution in [2.45, 2.75) is 25.5 Å². The maximum atomic E-state index is 13.0. The largest absolute Gasteiger partial charge is 0.399 e. The molecule has 0 bridgehead atoms. The Morgan fingerprint density at radius 3 is 2.25 bits per heavy atom. The summed E-state index contributed by atoms with van der Waals surface area (Å²) in [5, 5.41) is 0. The van der Waals surface area contributed by atoms with Crippen molar-refractivity contribution in [1.29, 1.82) is 0 Å². The van der Waals surface area contributed by atoms with Crippen LogP contribution in [0.3, 0.4) is 0 Å². The smallest absolute Gasteiger partial charge is 0.237 e. The van der Waals surface area contributed by atoms with Gasteiger partial charge in [0.05, 0.1) is 10.4 Å². The maximum Gasteiger partial charge on any atom is 0.237 e. The second kappa shape index (κ2) is 3.93. The number of nitrogens with two attached hydrogens (primary N) is 1. The normalized spacial score (nSPS) is 12.5. The lowest BCUT2D eigenvalue weighted by molar-refractivity contribution is 0.566. The van der Waals surface area contributed by atoms with Gasteiger partial charge in [0.1, 0.15) is 5.82 Å². The van der Waals surface area contributed by atoms with Gasteiger partial charge in [0, 0.05) is 5.69 Å². The van der Waals surface area contributed by atoms with Crippen molar-refractivity contribution in [1.82, 2.24) is 0 Å². The van der Waals surface area contributed by atoms with Gasteiger partial charge >= 0.3 is 0 Å². The Morgan fingerprint density at radius 2 is 1.81 bits per heavy atom. The Kier molecular flexibility index (Phi) is 3.14. The Balaban J connectivity index is 3.07. The van der Waals surface area contributed by atoms with Crippen molar-refractivity contribution in [3.63, 3.8) is 0 Å². The number of hydrogen-bond acceptors (Lipinski definition) is 3. The fourth-order valence-corrected chi connectivity index (χ4v) is 1.71. The average Bonchev–Trinajstić information content (AvgIpc) is 1.97. The zero-order chi connectivity index (χ0) is 12.6. The zero-order valence-corrected chi connectivity index (χ0v) is 10.2. The van der Waals surface area contributed by atoms with Crippen molar-refractivity contribution >= 4 is 21.4 Å². The minimum absolute atomic E-state index is 0.132. The molecule has 0 unspecified atom stereocenters. The van der Waals surface area contributed by atoms with Crippen LogP contribution in [0.5, 0.6) is 0 Å². The summed E-state index contributed by atoms with van der Waals surface area (Å²) in [5.41, 5.74) is 5.72. The van der Waals surface area contributed by atoms with E-state index < -0.39 is 20.6 Å². The van der Waals surface area contributed by atoms with E-state index in [4.69, 9.17) is 5.73 Å². The van der Waals surface area contributed by atoms with Crippen molar-refractivity contribution in [3.05, 3.63) is 24.0 Å². The van der Waals surface area contributed by atoms with Crippen LogP contribution in [0.15, 0.2) is 18.2 Å². The number of sulfonamides is 1. The molecule has 1 rings (SSSR count). The predicted molar refractivity (Wildman–Crippen MR) is 63.1 cm³/mol. The molecule has 0 radical (unpaired) electrons. The summed E-state index contributed by atoms with van der Waals surface area (Å²) >= 11 is 0. The molecule has 0 heterocycles. The Bertz CT molecular complexity index is 472. The fraction of sp³-hybridized carbons (Fsp3) is 0.400.